The van der Waals surface area contributed by atoms with Gasteiger partial charge in [0.15, 0.2) is 0 Å². The number of hydrogen-bond donors (Lipinski definition) is 2. The van der Waals surface area contributed by atoms with E-state index in [4.69, 9.17) is 5.73 Å². The summed E-state index contributed by atoms with van der Waals surface area (Å²) in [5, 5.41) is 2.70. The van der Waals surface area contributed by atoms with Crippen LogP contribution in [0.25, 0.3) is 0 Å². The van der Waals surface area contributed by atoms with Crippen molar-refractivity contribution in [2.75, 3.05) is 13.1 Å². The Labute approximate surface area is 137 Å². The molecule has 0 spiro atoms. The van der Waals surface area contributed by atoms with E-state index in [0.717, 1.165) is 10.9 Å². The minimum atomic E-state index is -0.505. The second-order valence-electron chi connectivity index (χ2n) is 5.16. The van der Waals surface area contributed by atoms with Gasteiger partial charge in [-0.25, -0.2) is 0 Å². The third kappa shape index (κ3) is 4.07. The van der Waals surface area contributed by atoms with E-state index in [1.54, 1.807) is 24.3 Å². The average molecular weight is 368 g/mol. The molecule has 0 bridgehead atoms. The molecule has 6 nitrogen and oxygen atoms in total. The van der Waals surface area contributed by atoms with Gasteiger partial charge < -0.3 is 16.0 Å². The normalized spacial score (nSPS) is 17.3. The Hall–Kier alpha value is -1.89. The van der Waals surface area contributed by atoms with Crippen LogP contribution in [0, 0.1) is 0 Å². The molecule has 3 amide bonds. The molecule has 1 aromatic rings. The number of rotatable bonds is 5. The molecule has 2 rings (SSSR count). The third-order valence-corrected chi connectivity index (χ3v) is 4.16. The number of nitrogens with zero attached hydrogens (tertiary/aromatic N) is 1. The molecule has 118 valence electrons. The van der Waals surface area contributed by atoms with E-state index in [1.165, 1.54) is 4.90 Å². The number of halogens is 1. The van der Waals surface area contributed by atoms with Crippen molar-refractivity contribution in [3.05, 3.63) is 34.3 Å². The van der Waals surface area contributed by atoms with Gasteiger partial charge in [-0.05, 0) is 37.1 Å². The van der Waals surface area contributed by atoms with E-state index in [-0.39, 0.29) is 24.8 Å². The molecule has 1 fully saturated rings. The highest BCUT2D eigenvalue weighted by molar-refractivity contribution is 9.10. The summed E-state index contributed by atoms with van der Waals surface area (Å²) in [6, 6.07) is 6.45. The van der Waals surface area contributed by atoms with E-state index >= 15 is 0 Å². The molecule has 0 aromatic heterocycles. The standard InChI is InChI=1S/C15H18BrN3O3/c16-11-5-3-10(4-6-11)15(22)18-8-7-13(20)19-9-1-2-12(19)14(17)21/h3-6,12H,1-2,7-9H2,(H2,17,21)(H,18,22). The van der Waals surface area contributed by atoms with Crippen molar-refractivity contribution in [3.8, 4) is 0 Å². The molecule has 1 aliphatic rings. The Morgan fingerprint density at radius 2 is 1.95 bits per heavy atom. The lowest BCUT2D eigenvalue weighted by molar-refractivity contribution is -0.137. The fraction of sp³-hybridized carbons (Fsp3) is 0.400. The van der Waals surface area contributed by atoms with Gasteiger partial charge in [0.05, 0.1) is 0 Å². The highest BCUT2D eigenvalue weighted by Crippen LogP contribution is 2.17. The molecular weight excluding hydrogens is 350 g/mol. The predicted molar refractivity (Wildman–Crippen MR) is 85.0 cm³/mol. The van der Waals surface area contributed by atoms with Crippen molar-refractivity contribution < 1.29 is 14.4 Å². The van der Waals surface area contributed by atoms with Gasteiger partial charge in [0.2, 0.25) is 11.8 Å². The summed E-state index contributed by atoms with van der Waals surface area (Å²) in [6.07, 6.45) is 1.56. The van der Waals surface area contributed by atoms with E-state index < -0.39 is 11.9 Å². The number of benzene rings is 1. The van der Waals surface area contributed by atoms with Crippen molar-refractivity contribution in [1.29, 1.82) is 0 Å². The SMILES string of the molecule is NC(=O)C1CCCN1C(=O)CCNC(=O)c1ccc(Br)cc1. The zero-order valence-corrected chi connectivity index (χ0v) is 13.6. The van der Waals surface area contributed by atoms with E-state index in [0.29, 0.717) is 18.5 Å². The molecule has 0 saturated carbocycles. The van der Waals surface area contributed by atoms with Crippen LogP contribution in [0.1, 0.15) is 29.6 Å². The molecular formula is C15H18BrN3O3. The van der Waals surface area contributed by atoms with Crippen LogP contribution < -0.4 is 11.1 Å². The Balaban J connectivity index is 1.80. The van der Waals surface area contributed by atoms with Crippen LogP contribution in [0.2, 0.25) is 0 Å². The van der Waals surface area contributed by atoms with Gasteiger partial charge in [0.1, 0.15) is 6.04 Å². The second-order valence-corrected chi connectivity index (χ2v) is 6.08. The number of nitrogens with one attached hydrogen (secondary N) is 1. The Kier molecular flexibility index (Phi) is 5.54. The molecule has 1 saturated heterocycles. The summed E-state index contributed by atoms with van der Waals surface area (Å²) in [7, 11) is 0. The van der Waals surface area contributed by atoms with Crippen molar-refractivity contribution in [1.82, 2.24) is 10.2 Å². The van der Waals surface area contributed by atoms with Gasteiger partial charge in [-0.15, -0.1) is 0 Å². The molecule has 1 atom stereocenters. The number of likely N-dealkylation sites (tertiary alicyclic amines) is 1. The van der Waals surface area contributed by atoms with E-state index in [9.17, 15) is 14.4 Å². The number of primary amides is 1. The first-order valence-electron chi connectivity index (χ1n) is 7.11. The van der Waals surface area contributed by atoms with Crippen LogP contribution in [-0.4, -0.2) is 41.8 Å². The summed E-state index contributed by atoms with van der Waals surface area (Å²) < 4.78 is 0.894. The van der Waals surface area contributed by atoms with Crippen LogP contribution >= 0.6 is 15.9 Å². The first-order valence-corrected chi connectivity index (χ1v) is 7.91. The Morgan fingerprint density at radius 1 is 1.27 bits per heavy atom. The lowest BCUT2D eigenvalue weighted by Gasteiger charge is -2.22. The molecule has 7 heteroatoms. The number of amides is 3. The first-order chi connectivity index (χ1) is 10.5. The molecule has 22 heavy (non-hydrogen) atoms. The molecule has 0 radical (unpaired) electrons. The summed E-state index contributed by atoms with van der Waals surface area (Å²) in [6.45, 7) is 0.781. The van der Waals surface area contributed by atoms with Crippen molar-refractivity contribution >= 4 is 33.7 Å². The minimum Gasteiger partial charge on any atom is -0.368 e. The van der Waals surface area contributed by atoms with Gasteiger partial charge in [-0.2, -0.15) is 0 Å². The largest absolute Gasteiger partial charge is 0.368 e. The first kappa shape index (κ1) is 16.5. The summed E-state index contributed by atoms with van der Waals surface area (Å²) >= 11 is 3.30. The highest BCUT2D eigenvalue weighted by atomic mass is 79.9. The molecule has 1 aromatic carbocycles. The Bertz CT molecular complexity index is 574. The van der Waals surface area contributed by atoms with Crippen LogP contribution in [-0.2, 0) is 9.59 Å². The Morgan fingerprint density at radius 3 is 2.59 bits per heavy atom. The van der Waals surface area contributed by atoms with Gasteiger partial charge >= 0.3 is 0 Å². The molecule has 3 N–H and O–H groups in total. The maximum absolute atomic E-state index is 12.1. The number of hydrogen-bond acceptors (Lipinski definition) is 3. The van der Waals surface area contributed by atoms with Crippen LogP contribution in [0.3, 0.4) is 0 Å². The molecule has 0 aliphatic carbocycles. The number of nitrogens with two attached hydrogens (primary N) is 1. The fourth-order valence-corrected chi connectivity index (χ4v) is 2.76. The van der Waals surface area contributed by atoms with Gasteiger partial charge in [-0.1, -0.05) is 15.9 Å². The van der Waals surface area contributed by atoms with Crippen LogP contribution in [0.15, 0.2) is 28.7 Å². The molecule has 1 heterocycles. The monoisotopic (exact) mass is 367 g/mol. The summed E-state index contributed by atoms with van der Waals surface area (Å²) in [5.74, 6) is -0.852. The zero-order chi connectivity index (χ0) is 16.1. The van der Waals surface area contributed by atoms with Gasteiger partial charge in [0.25, 0.3) is 5.91 Å². The lowest BCUT2D eigenvalue weighted by Crippen LogP contribution is -2.44. The quantitative estimate of drug-likeness (QED) is 0.814. The average Bonchev–Trinajstić information content (AvgIpc) is 2.97. The fourth-order valence-electron chi connectivity index (χ4n) is 2.49. The molecule has 1 aliphatic heterocycles. The van der Waals surface area contributed by atoms with Crippen molar-refractivity contribution in [2.45, 2.75) is 25.3 Å². The number of carbonyl (C=O) groups is 3. The highest BCUT2D eigenvalue weighted by Gasteiger charge is 2.32. The van der Waals surface area contributed by atoms with Gasteiger partial charge in [0, 0.05) is 29.5 Å². The van der Waals surface area contributed by atoms with Gasteiger partial charge in [-0.3, -0.25) is 14.4 Å². The minimum absolute atomic E-state index is 0.155. The predicted octanol–water partition coefficient (Wildman–Crippen LogP) is 1.05. The topological polar surface area (TPSA) is 92.5 Å². The zero-order valence-electron chi connectivity index (χ0n) is 12.0. The smallest absolute Gasteiger partial charge is 0.251 e. The van der Waals surface area contributed by atoms with Crippen LogP contribution in [0.5, 0.6) is 0 Å². The lowest BCUT2D eigenvalue weighted by atomic mass is 10.2. The van der Waals surface area contributed by atoms with Crippen molar-refractivity contribution in [3.63, 3.8) is 0 Å². The third-order valence-electron chi connectivity index (χ3n) is 3.63. The van der Waals surface area contributed by atoms with Crippen LogP contribution in [0.4, 0.5) is 0 Å². The molecule has 1 unspecified atom stereocenters. The maximum atomic E-state index is 12.1. The number of carbonyl (C=O) groups excluding carboxylic acids is 3. The van der Waals surface area contributed by atoms with Crippen molar-refractivity contribution in [2.24, 2.45) is 5.73 Å². The van der Waals surface area contributed by atoms with E-state index in [1.807, 2.05) is 0 Å². The second kappa shape index (κ2) is 7.40. The van der Waals surface area contributed by atoms with E-state index in [2.05, 4.69) is 21.2 Å². The summed E-state index contributed by atoms with van der Waals surface area (Å²) in [4.78, 5) is 36.8. The summed E-state index contributed by atoms with van der Waals surface area (Å²) in [5.41, 5.74) is 5.82. The maximum Gasteiger partial charge on any atom is 0.251 e.